The van der Waals surface area contributed by atoms with E-state index in [4.69, 9.17) is 4.74 Å². The first-order valence-electron chi connectivity index (χ1n) is 13.8. The zero-order valence-corrected chi connectivity index (χ0v) is 23.6. The average Bonchev–Trinajstić information content (AvgIpc) is 3.46. The van der Waals surface area contributed by atoms with Crippen LogP contribution in [0.1, 0.15) is 12.8 Å². The molecular formula is C28H31F3N6O4S. The number of aromatic nitrogens is 3. The highest BCUT2D eigenvalue weighted by atomic mass is 32.2. The SMILES string of the molecule is O=S(=O)(CN1CCN(c2cc[nH]c3cnc4nccc4c23)CC1)N1CCCC(COc2ccc(OC(F)(F)F)cc2)C1. The Labute approximate surface area is 241 Å². The third kappa shape index (κ3) is 6.40. The van der Waals surface area contributed by atoms with Gasteiger partial charge in [-0.2, -0.15) is 0 Å². The molecule has 0 spiro atoms. The quantitative estimate of drug-likeness (QED) is 0.319. The number of hydrogen-bond acceptors (Lipinski definition) is 8. The molecule has 14 heteroatoms. The lowest BCUT2D eigenvalue weighted by atomic mass is 10.0. The molecule has 0 saturated carbocycles. The molecule has 2 fully saturated rings. The number of anilines is 1. The fourth-order valence-corrected chi connectivity index (χ4v) is 7.43. The van der Waals surface area contributed by atoms with Crippen molar-refractivity contribution in [3.63, 3.8) is 0 Å². The summed E-state index contributed by atoms with van der Waals surface area (Å²) in [5.41, 5.74) is 2.70. The summed E-state index contributed by atoms with van der Waals surface area (Å²) in [4.78, 5) is 16.3. The lowest BCUT2D eigenvalue weighted by Gasteiger charge is -2.38. The van der Waals surface area contributed by atoms with E-state index >= 15 is 0 Å². The normalized spacial score (nSPS) is 19.4. The Morgan fingerprint density at radius 1 is 0.976 bits per heavy atom. The highest BCUT2D eigenvalue weighted by Crippen LogP contribution is 2.32. The van der Waals surface area contributed by atoms with Gasteiger partial charge < -0.3 is 19.4 Å². The van der Waals surface area contributed by atoms with Crippen molar-refractivity contribution in [2.24, 2.45) is 5.92 Å². The lowest BCUT2D eigenvalue weighted by Crippen LogP contribution is -2.51. The number of alkyl halides is 3. The smallest absolute Gasteiger partial charge is 0.493 e. The molecule has 0 aliphatic carbocycles. The van der Waals surface area contributed by atoms with Crippen LogP contribution in [0.25, 0.3) is 21.9 Å². The third-order valence-electron chi connectivity index (χ3n) is 7.75. The van der Waals surface area contributed by atoms with Crippen LogP contribution in [-0.4, -0.2) is 90.7 Å². The van der Waals surface area contributed by atoms with E-state index in [1.165, 1.54) is 24.3 Å². The largest absolute Gasteiger partial charge is 0.573 e. The van der Waals surface area contributed by atoms with Gasteiger partial charge in [-0.15, -0.1) is 13.2 Å². The standard InChI is InChI=1S/C28H31F3N6O4S/c29-28(30,31)41-22-5-3-21(4-6-22)40-18-20-2-1-11-37(17-20)42(38,39)19-35-12-14-36(15-13-35)25-8-10-32-24-16-34-27-23(26(24)25)7-9-33-27/h3-10,16,20,32H,1-2,11-15,17-19H2. The fraction of sp³-hybridized carbons (Fsp3) is 0.429. The first-order valence-corrected chi connectivity index (χ1v) is 15.4. The lowest BCUT2D eigenvalue weighted by molar-refractivity contribution is -0.274. The maximum Gasteiger partial charge on any atom is 0.573 e. The molecule has 42 heavy (non-hydrogen) atoms. The van der Waals surface area contributed by atoms with Gasteiger partial charge in [0.25, 0.3) is 0 Å². The number of fused-ring (bicyclic) bond motifs is 3. The van der Waals surface area contributed by atoms with Crippen LogP contribution in [-0.2, 0) is 10.0 Å². The first kappa shape index (κ1) is 28.5. The summed E-state index contributed by atoms with van der Waals surface area (Å²) in [7, 11) is -3.52. The van der Waals surface area contributed by atoms with Gasteiger partial charge in [-0.3, -0.25) is 4.90 Å². The average molecular weight is 605 g/mol. The molecule has 224 valence electrons. The van der Waals surface area contributed by atoms with E-state index in [0.29, 0.717) is 50.7 Å². The van der Waals surface area contributed by atoms with E-state index in [-0.39, 0.29) is 24.2 Å². The number of rotatable bonds is 8. The number of aromatic amines is 1. The molecule has 0 amide bonds. The van der Waals surface area contributed by atoms with Crippen LogP contribution in [0.2, 0.25) is 0 Å². The van der Waals surface area contributed by atoms with Gasteiger partial charge in [-0.1, -0.05) is 0 Å². The Bertz CT molecular complexity index is 1640. The number of piperidine rings is 1. The van der Waals surface area contributed by atoms with Crippen molar-refractivity contribution in [3.05, 3.63) is 55.0 Å². The van der Waals surface area contributed by atoms with Crippen molar-refractivity contribution in [2.45, 2.75) is 19.2 Å². The summed E-state index contributed by atoms with van der Waals surface area (Å²) in [6.07, 6.45) is 2.21. The molecule has 1 unspecified atom stereocenters. The van der Waals surface area contributed by atoms with E-state index in [1.54, 1.807) is 16.7 Å². The number of sulfonamides is 1. The van der Waals surface area contributed by atoms with Gasteiger partial charge in [-0.05, 0) is 49.2 Å². The molecule has 0 radical (unpaired) electrons. The van der Waals surface area contributed by atoms with E-state index in [9.17, 15) is 21.6 Å². The molecule has 1 aromatic carbocycles. The minimum Gasteiger partial charge on any atom is -0.493 e. The molecule has 5 heterocycles. The van der Waals surface area contributed by atoms with E-state index in [2.05, 4.69) is 24.6 Å². The van der Waals surface area contributed by atoms with Gasteiger partial charge in [0.05, 0.1) is 18.3 Å². The number of halogens is 3. The summed E-state index contributed by atoms with van der Waals surface area (Å²) >= 11 is 0. The van der Waals surface area contributed by atoms with Crippen molar-refractivity contribution in [1.82, 2.24) is 24.2 Å². The Balaban J connectivity index is 1.03. The second kappa shape index (κ2) is 11.6. The predicted octanol–water partition coefficient (Wildman–Crippen LogP) is 4.21. The molecule has 3 aromatic heterocycles. The maximum absolute atomic E-state index is 13.4. The number of pyridine rings is 2. The number of benzene rings is 1. The molecule has 1 N–H and O–H groups in total. The van der Waals surface area contributed by atoms with Gasteiger partial charge in [0, 0.05) is 74.0 Å². The van der Waals surface area contributed by atoms with E-state index < -0.39 is 16.4 Å². The molecule has 2 aliphatic heterocycles. The van der Waals surface area contributed by atoms with Crippen LogP contribution in [0.15, 0.2) is 55.0 Å². The van der Waals surface area contributed by atoms with E-state index in [0.717, 1.165) is 34.8 Å². The molecule has 4 aromatic rings. The predicted molar refractivity (Wildman–Crippen MR) is 152 cm³/mol. The molecular weight excluding hydrogens is 573 g/mol. The second-order valence-corrected chi connectivity index (χ2v) is 12.6. The van der Waals surface area contributed by atoms with Crippen LogP contribution in [0, 0.1) is 5.92 Å². The Morgan fingerprint density at radius 3 is 2.50 bits per heavy atom. The van der Waals surface area contributed by atoms with Gasteiger partial charge in [0.15, 0.2) is 5.65 Å². The van der Waals surface area contributed by atoms with Crippen LogP contribution < -0.4 is 14.4 Å². The Hall–Kier alpha value is -3.62. The van der Waals surface area contributed by atoms with Crippen LogP contribution in [0.3, 0.4) is 0 Å². The highest BCUT2D eigenvalue weighted by molar-refractivity contribution is 7.89. The number of H-pyrrole nitrogens is 1. The first-order chi connectivity index (χ1) is 20.1. The number of nitrogens with one attached hydrogen (secondary N) is 1. The van der Waals surface area contributed by atoms with Crippen LogP contribution >= 0.6 is 0 Å². The van der Waals surface area contributed by atoms with Gasteiger partial charge >= 0.3 is 6.36 Å². The van der Waals surface area contributed by atoms with Crippen molar-refractivity contribution < 1.29 is 31.1 Å². The molecule has 2 saturated heterocycles. The Morgan fingerprint density at radius 2 is 1.74 bits per heavy atom. The fourth-order valence-electron chi connectivity index (χ4n) is 5.70. The van der Waals surface area contributed by atoms with Crippen molar-refractivity contribution in [2.75, 3.05) is 56.7 Å². The van der Waals surface area contributed by atoms with Gasteiger partial charge in [0.1, 0.15) is 17.4 Å². The monoisotopic (exact) mass is 604 g/mol. The summed E-state index contributed by atoms with van der Waals surface area (Å²) < 4.78 is 75.1. The highest BCUT2D eigenvalue weighted by Gasteiger charge is 2.33. The molecule has 6 rings (SSSR count). The number of ether oxygens (including phenoxy) is 2. The minimum atomic E-state index is -4.75. The number of hydrogen-bond donors (Lipinski definition) is 1. The minimum absolute atomic E-state index is 0.0170. The Kier molecular flexibility index (Phi) is 7.85. The maximum atomic E-state index is 13.4. The van der Waals surface area contributed by atoms with Gasteiger partial charge in [-0.25, -0.2) is 22.7 Å². The molecule has 1 atom stereocenters. The van der Waals surface area contributed by atoms with Crippen molar-refractivity contribution >= 4 is 37.6 Å². The van der Waals surface area contributed by atoms with Crippen LogP contribution in [0.4, 0.5) is 18.9 Å². The summed E-state index contributed by atoms with van der Waals surface area (Å²) in [5, 5.41) is 2.05. The molecule has 0 bridgehead atoms. The molecule has 10 nitrogen and oxygen atoms in total. The van der Waals surface area contributed by atoms with Crippen molar-refractivity contribution in [1.29, 1.82) is 0 Å². The topological polar surface area (TPSA) is 104 Å². The number of nitrogens with zero attached hydrogens (tertiary/aromatic N) is 5. The van der Waals surface area contributed by atoms with Gasteiger partial charge in [0.2, 0.25) is 10.0 Å². The van der Waals surface area contributed by atoms with Crippen molar-refractivity contribution in [3.8, 4) is 11.5 Å². The second-order valence-electron chi connectivity index (χ2n) is 10.6. The molecule has 2 aliphatic rings. The summed E-state index contributed by atoms with van der Waals surface area (Å²) in [6.45, 7) is 3.69. The summed E-state index contributed by atoms with van der Waals surface area (Å²) in [6, 6.07) is 9.20. The van der Waals surface area contributed by atoms with Crippen LogP contribution in [0.5, 0.6) is 11.5 Å². The zero-order chi connectivity index (χ0) is 29.3. The zero-order valence-electron chi connectivity index (χ0n) is 22.8. The van der Waals surface area contributed by atoms with E-state index in [1.807, 2.05) is 23.2 Å². The summed E-state index contributed by atoms with van der Waals surface area (Å²) in [5.74, 6) is 0.0178. The number of piperazine rings is 1. The third-order valence-corrected chi connectivity index (χ3v) is 9.56.